The number of nitrogens with zero attached hydrogens (tertiary/aromatic N) is 6. The molecule has 0 spiro atoms. The lowest BCUT2D eigenvalue weighted by Crippen LogP contribution is -2.43. The number of carbonyl (C=O) groups is 2. The van der Waals surface area contributed by atoms with Gasteiger partial charge in [0.15, 0.2) is 5.82 Å². The van der Waals surface area contributed by atoms with Crippen LogP contribution in [-0.4, -0.2) is 74.2 Å². The molecular weight excluding hydrogens is 548 g/mol. The molecular formula is C31H34N8O4. The summed E-state index contributed by atoms with van der Waals surface area (Å²) in [7, 11) is 1.50. The SMILES string of the molecule is CCc1c(NC(=O)OC2CCN(C(=O)COC)CC2)cn2ncnc(Nc3ccc4c(cnn4Cc4ccccc4)c3)c12. The van der Waals surface area contributed by atoms with Gasteiger partial charge in [0.2, 0.25) is 5.91 Å². The summed E-state index contributed by atoms with van der Waals surface area (Å²) >= 11 is 0. The number of rotatable bonds is 9. The zero-order valence-electron chi connectivity index (χ0n) is 24.2. The number of anilines is 3. The highest BCUT2D eigenvalue weighted by molar-refractivity contribution is 5.91. The Kier molecular flexibility index (Phi) is 8.18. The number of hydrogen-bond donors (Lipinski definition) is 2. The molecule has 5 aromatic rings. The monoisotopic (exact) mass is 582 g/mol. The Morgan fingerprint density at radius 1 is 1.07 bits per heavy atom. The van der Waals surface area contributed by atoms with Gasteiger partial charge in [0.1, 0.15) is 24.6 Å². The molecule has 0 unspecified atom stereocenters. The van der Waals surface area contributed by atoms with Gasteiger partial charge in [-0.15, -0.1) is 0 Å². The molecule has 12 heteroatoms. The summed E-state index contributed by atoms with van der Waals surface area (Å²) in [5, 5.41) is 16.3. The van der Waals surface area contributed by atoms with Crippen LogP contribution in [0.4, 0.5) is 22.0 Å². The summed E-state index contributed by atoms with van der Waals surface area (Å²) in [6.07, 6.45) is 6.11. The lowest BCUT2D eigenvalue weighted by molar-refractivity contribution is -0.137. The maximum atomic E-state index is 12.9. The second kappa shape index (κ2) is 12.5. The second-order valence-electron chi connectivity index (χ2n) is 10.5. The molecule has 43 heavy (non-hydrogen) atoms. The number of nitrogens with one attached hydrogen (secondary N) is 2. The molecule has 0 bridgehead atoms. The summed E-state index contributed by atoms with van der Waals surface area (Å²) in [6, 6.07) is 16.3. The average molecular weight is 583 g/mol. The Hall–Kier alpha value is -4.97. The van der Waals surface area contributed by atoms with Crippen molar-refractivity contribution in [1.82, 2.24) is 29.3 Å². The normalized spacial score (nSPS) is 13.9. The van der Waals surface area contributed by atoms with Crippen molar-refractivity contribution in [2.24, 2.45) is 0 Å². The van der Waals surface area contributed by atoms with Crippen molar-refractivity contribution in [3.63, 3.8) is 0 Å². The number of methoxy groups -OCH3 is 1. The number of hydrogen-bond acceptors (Lipinski definition) is 8. The van der Waals surface area contributed by atoms with Crippen LogP contribution in [0, 0.1) is 0 Å². The Balaban J connectivity index is 1.15. The Morgan fingerprint density at radius 3 is 2.65 bits per heavy atom. The molecule has 1 aliphatic rings. The largest absolute Gasteiger partial charge is 0.446 e. The first-order valence-electron chi connectivity index (χ1n) is 14.4. The van der Waals surface area contributed by atoms with E-state index < -0.39 is 6.09 Å². The lowest BCUT2D eigenvalue weighted by atomic mass is 10.1. The average Bonchev–Trinajstić information content (AvgIpc) is 3.58. The predicted molar refractivity (Wildman–Crippen MR) is 163 cm³/mol. The van der Waals surface area contributed by atoms with Gasteiger partial charge in [-0.25, -0.2) is 14.3 Å². The highest BCUT2D eigenvalue weighted by atomic mass is 16.6. The number of fused-ring (bicyclic) bond motifs is 2. The van der Waals surface area contributed by atoms with Crippen molar-refractivity contribution in [3.8, 4) is 0 Å². The van der Waals surface area contributed by atoms with E-state index >= 15 is 0 Å². The van der Waals surface area contributed by atoms with E-state index in [1.54, 1.807) is 15.6 Å². The zero-order valence-corrected chi connectivity index (χ0v) is 24.2. The van der Waals surface area contributed by atoms with Crippen molar-refractivity contribution in [1.29, 1.82) is 0 Å². The fraction of sp³-hybridized carbons (Fsp3) is 0.323. The summed E-state index contributed by atoms with van der Waals surface area (Å²) < 4.78 is 14.3. The number of carbonyl (C=O) groups excluding carboxylic acids is 2. The van der Waals surface area contributed by atoms with Gasteiger partial charge in [0, 0.05) is 49.7 Å². The van der Waals surface area contributed by atoms with E-state index in [0.29, 0.717) is 50.4 Å². The molecule has 0 atom stereocenters. The maximum Gasteiger partial charge on any atom is 0.411 e. The molecule has 1 aliphatic heterocycles. The molecule has 4 heterocycles. The van der Waals surface area contributed by atoms with Gasteiger partial charge in [-0.3, -0.25) is 14.8 Å². The summed E-state index contributed by atoms with van der Waals surface area (Å²) in [4.78, 5) is 31.2. The molecule has 2 amide bonds. The van der Waals surface area contributed by atoms with Gasteiger partial charge in [-0.2, -0.15) is 10.2 Å². The summed E-state index contributed by atoms with van der Waals surface area (Å²) in [5.41, 5.74) is 5.35. The van der Waals surface area contributed by atoms with E-state index in [1.807, 2.05) is 54.2 Å². The molecule has 1 saturated heterocycles. The highest BCUT2D eigenvalue weighted by Gasteiger charge is 2.26. The van der Waals surface area contributed by atoms with Gasteiger partial charge < -0.3 is 19.7 Å². The molecule has 2 aromatic carbocycles. The van der Waals surface area contributed by atoms with Crippen LogP contribution in [-0.2, 0) is 27.2 Å². The second-order valence-corrected chi connectivity index (χ2v) is 10.5. The highest BCUT2D eigenvalue weighted by Crippen LogP contribution is 2.31. The van der Waals surface area contributed by atoms with Crippen molar-refractivity contribution >= 4 is 45.6 Å². The Labute approximate surface area is 248 Å². The zero-order chi connectivity index (χ0) is 29.8. The lowest BCUT2D eigenvalue weighted by Gasteiger charge is -2.31. The fourth-order valence-corrected chi connectivity index (χ4v) is 5.54. The topological polar surface area (TPSA) is 128 Å². The van der Waals surface area contributed by atoms with Crippen LogP contribution in [0.25, 0.3) is 16.4 Å². The van der Waals surface area contributed by atoms with Crippen LogP contribution in [0.5, 0.6) is 0 Å². The summed E-state index contributed by atoms with van der Waals surface area (Å²) in [6.45, 7) is 3.82. The minimum absolute atomic E-state index is 0.0536. The van der Waals surface area contributed by atoms with Gasteiger partial charge in [0.05, 0.1) is 30.1 Å². The molecule has 0 saturated carbocycles. The van der Waals surface area contributed by atoms with Crippen molar-refractivity contribution < 1.29 is 19.1 Å². The van der Waals surface area contributed by atoms with Crippen LogP contribution in [0.15, 0.2) is 67.3 Å². The standard InChI is InChI=1S/C31H34N8O4/c1-3-25-26(36-31(41)43-24-11-13-37(14-12-24)28(40)19-42-2)18-39-29(25)30(32-20-34-39)35-23-9-10-27-22(15-23)16-33-38(27)17-21-7-5-4-6-8-21/h4-10,15-16,18,20,24H,3,11-14,17,19H2,1-2H3,(H,36,41)(H,32,34,35). The fourth-order valence-electron chi connectivity index (χ4n) is 5.54. The van der Waals surface area contributed by atoms with E-state index in [0.717, 1.165) is 27.7 Å². The van der Waals surface area contributed by atoms with Gasteiger partial charge in [-0.05, 0) is 30.2 Å². The van der Waals surface area contributed by atoms with Crippen LogP contribution < -0.4 is 10.6 Å². The van der Waals surface area contributed by atoms with E-state index in [4.69, 9.17) is 9.47 Å². The number of piperidine rings is 1. The van der Waals surface area contributed by atoms with Gasteiger partial charge >= 0.3 is 6.09 Å². The van der Waals surface area contributed by atoms with Gasteiger partial charge in [0.25, 0.3) is 0 Å². The number of aryl methyl sites for hydroxylation is 1. The molecule has 222 valence electrons. The first-order chi connectivity index (χ1) is 21.0. The predicted octanol–water partition coefficient (Wildman–Crippen LogP) is 4.62. The third-order valence-electron chi connectivity index (χ3n) is 7.68. The van der Waals surface area contributed by atoms with Gasteiger partial charge in [-0.1, -0.05) is 37.3 Å². The Bertz CT molecular complexity index is 1740. The number of benzene rings is 2. The van der Waals surface area contributed by atoms with Crippen molar-refractivity contribution in [3.05, 3.63) is 78.4 Å². The van der Waals surface area contributed by atoms with Crippen LogP contribution >= 0.6 is 0 Å². The Morgan fingerprint density at radius 2 is 1.88 bits per heavy atom. The van der Waals surface area contributed by atoms with E-state index in [-0.39, 0.29) is 18.6 Å². The first kappa shape index (κ1) is 28.2. The number of likely N-dealkylation sites (tertiary alicyclic amines) is 1. The van der Waals surface area contributed by atoms with Crippen LogP contribution in [0.2, 0.25) is 0 Å². The third kappa shape index (κ3) is 6.14. The smallest absolute Gasteiger partial charge is 0.411 e. The molecule has 0 aliphatic carbocycles. The van der Waals surface area contributed by atoms with Crippen molar-refractivity contribution in [2.45, 2.75) is 38.8 Å². The molecule has 3 aromatic heterocycles. The van der Waals surface area contributed by atoms with E-state index in [9.17, 15) is 9.59 Å². The van der Waals surface area contributed by atoms with E-state index in [1.165, 1.54) is 19.0 Å². The molecule has 12 nitrogen and oxygen atoms in total. The molecule has 2 N–H and O–H groups in total. The van der Waals surface area contributed by atoms with E-state index in [2.05, 4.69) is 37.9 Å². The number of aromatic nitrogens is 5. The molecule has 0 radical (unpaired) electrons. The third-order valence-corrected chi connectivity index (χ3v) is 7.68. The van der Waals surface area contributed by atoms with Crippen LogP contribution in [0.1, 0.15) is 30.9 Å². The quantitative estimate of drug-likeness (QED) is 0.258. The maximum absolute atomic E-state index is 12.9. The molecule has 6 rings (SSSR count). The van der Waals surface area contributed by atoms with Crippen molar-refractivity contribution in [2.75, 3.05) is 37.4 Å². The molecule has 1 fully saturated rings. The number of ether oxygens (including phenoxy) is 2. The minimum Gasteiger partial charge on any atom is -0.446 e. The minimum atomic E-state index is -0.535. The van der Waals surface area contributed by atoms with Crippen LogP contribution in [0.3, 0.4) is 0 Å². The number of amides is 2. The first-order valence-corrected chi connectivity index (χ1v) is 14.4. The summed E-state index contributed by atoms with van der Waals surface area (Å²) in [5.74, 6) is 0.569.